The van der Waals surface area contributed by atoms with E-state index < -0.39 is 66.2 Å². The first-order chi connectivity index (χ1) is 19.8. The van der Waals surface area contributed by atoms with Crippen molar-refractivity contribution in [3.63, 3.8) is 0 Å². The third-order valence-corrected chi connectivity index (χ3v) is 7.41. The number of hydrogen-bond donors (Lipinski definition) is 3. The Morgan fingerprint density at radius 3 is 2.21 bits per heavy atom. The van der Waals surface area contributed by atoms with Gasteiger partial charge >= 0.3 is 12.2 Å². The predicted octanol–water partition coefficient (Wildman–Crippen LogP) is 5.90. The van der Waals surface area contributed by atoms with Crippen LogP contribution in [0.5, 0.6) is 0 Å². The molecule has 2 heterocycles. The van der Waals surface area contributed by atoms with E-state index in [1.807, 2.05) is 0 Å². The van der Waals surface area contributed by atoms with Crippen LogP contribution in [-0.2, 0) is 16.0 Å². The largest absolute Gasteiger partial charge is 0.444 e. The van der Waals surface area contributed by atoms with E-state index in [4.69, 9.17) is 9.47 Å². The number of fused-ring (bicyclic) bond motifs is 1. The summed E-state index contributed by atoms with van der Waals surface area (Å²) in [5.41, 5.74) is 0.0375. The highest BCUT2D eigenvalue weighted by molar-refractivity contribution is 5.69. The molecular weight excluding hydrogens is 572 g/mol. The Morgan fingerprint density at radius 2 is 1.58 bits per heavy atom. The zero-order chi connectivity index (χ0) is 31.8. The van der Waals surface area contributed by atoms with Gasteiger partial charge in [0.15, 0.2) is 5.65 Å². The maximum absolute atomic E-state index is 14.3. The Kier molecular flexibility index (Phi) is 9.20. The number of aromatic nitrogens is 3. The number of alkyl halides is 4. The summed E-state index contributed by atoms with van der Waals surface area (Å²) in [5.74, 6) is -5.96. The molecule has 0 radical (unpaired) electrons. The standard InChI is InChI=1S/C29H42F4N6O4/c1-26(2,3)42-24(40)37-20-13-29(32,33)12-19(20)34-14-17-11-22-36-21(16-39(22)35-15-17)23(38-25(41)43-27(4,5)6)18-7-9-28(30,31)10-8-18/h11,15-16,18-20,23,34H,7-10,12-14H2,1-6H3,(H,37,40)(H,38,41)/t19?,20?,23-/m0/s1. The molecule has 0 spiro atoms. The third kappa shape index (κ3) is 9.41. The molecule has 2 aromatic rings. The molecule has 43 heavy (non-hydrogen) atoms. The van der Waals surface area contributed by atoms with Gasteiger partial charge in [-0.25, -0.2) is 36.7 Å². The fourth-order valence-electron chi connectivity index (χ4n) is 5.53. The van der Waals surface area contributed by atoms with Gasteiger partial charge in [-0.05, 0) is 71.9 Å². The van der Waals surface area contributed by atoms with Gasteiger partial charge < -0.3 is 25.4 Å². The Labute approximate surface area is 248 Å². The van der Waals surface area contributed by atoms with Gasteiger partial charge in [0.2, 0.25) is 5.92 Å². The van der Waals surface area contributed by atoms with E-state index in [-0.39, 0.29) is 38.1 Å². The normalized spacial score (nSPS) is 23.1. The molecule has 3 atom stereocenters. The van der Waals surface area contributed by atoms with E-state index in [2.05, 4.69) is 26.0 Å². The van der Waals surface area contributed by atoms with Crippen molar-refractivity contribution in [3.8, 4) is 0 Å². The molecule has 240 valence electrons. The molecule has 2 unspecified atom stereocenters. The van der Waals surface area contributed by atoms with Crippen molar-refractivity contribution in [3.05, 3.63) is 29.7 Å². The predicted molar refractivity (Wildman–Crippen MR) is 150 cm³/mol. The van der Waals surface area contributed by atoms with Crippen molar-refractivity contribution < 1.29 is 36.6 Å². The summed E-state index contributed by atoms with van der Waals surface area (Å²) in [5, 5.41) is 12.9. The highest BCUT2D eigenvalue weighted by atomic mass is 19.3. The molecule has 2 amide bonds. The molecule has 2 aromatic heterocycles. The van der Waals surface area contributed by atoms with Crippen molar-refractivity contribution in [1.82, 2.24) is 30.5 Å². The summed E-state index contributed by atoms with van der Waals surface area (Å²) in [6, 6.07) is -0.482. The molecule has 0 saturated heterocycles. The number of carbonyl (C=O) groups is 2. The Hall–Kier alpha value is -3.16. The van der Waals surface area contributed by atoms with Crippen LogP contribution < -0.4 is 16.0 Å². The van der Waals surface area contributed by atoms with Crippen LogP contribution in [0.2, 0.25) is 0 Å². The maximum atomic E-state index is 14.3. The van der Waals surface area contributed by atoms with Crippen molar-refractivity contribution in [2.24, 2.45) is 5.92 Å². The number of rotatable bonds is 7. The summed E-state index contributed by atoms with van der Waals surface area (Å²) in [6.45, 7) is 10.5. The van der Waals surface area contributed by atoms with Gasteiger partial charge in [0, 0.05) is 38.3 Å². The van der Waals surface area contributed by atoms with E-state index in [0.717, 1.165) is 0 Å². The van der Waals surface area contributed by atoms with Crippen molar-refractivity contribution in [2.75, 3.05) is 0 Å². The number of imidazole rings is 1. The first-order valence-corrected chi connectivity index (χ1v) is 14.6. The van der Waals surface area contributed by atoms with Gasteiger partial charge in [-0.2, -0.15) is 5.10 Å². The van der Waals surface area contributed by atoms with Gasteiger partial charge in [0.25, 0.3) is 5.92 Å². The number of alkyl carbamates (subject to hydrolysis) is 2. The van der Waals surface area contributed by atoms with E-state index >= 15 is 0 Å². The fraction of sp³-hybridized carbons (Fsp3) is 0.724. The van der Waals surface area contributed by atoms with Gasteiger partial charge in [0.05, 0.1) is 30.2 Å². The summed E-state index contributed by atoms with van der Waals surface area (Å²) in [6.07, 6.45) is 0.651. The summed E-state index contributed by atoms with van der Waals surface area (Å²) < 4.78 is 68.5. The second-order valence-electron chi connectivity index (χ2n) is 13.7. The Balaban J connectivity index is 1.48. The first-order valence-electron chi connectivity index (χ1n) is 14.6. The Bertz CT molecular complexity index is 1300. The van der Waals surface area contributed by atoms with Crippen LogP contribution in [0.3, 0.4) is 0 Å². The van der Waals surface area contributed by atoms with Gasteiger partial charge in [0.1, 0.15) is 11.2 Å². The van der Waals surface area contributed by atoms with Crippen LogP contribution in [0.1, 0.15) is 97.4 Å². The van der Waals surface area contributed by atoms with Crippen LogP contribution in [0, 0.1) is 5.92 Å². The van der Waals surface area contributed by atoms with E-state index in [9.17, 15) is 27.2 Å². The lowest BCUT2D eigenvalue weighted by molar-refractivity contribution is -0.0500. The minimum atomic E-state index is -2.95. The zero-order valence-electron chi connectivity index (χ0n) is 25.5. The van der Waals surface area contributed by atoms with Crippen molar-refractivity contribution >= 4 is 17.8 Å². The number of ether oxygens (including phenoxy) is 2. The average Bonchev–Trinajstić information content (AvgIpc) is 3.38. The molecule has 0 aromatic carbocycles. The van der Waals surface area contributed by atoms with Crippen molar-refractivity contribution in [1.29, 1.82) is 0 Å². The lowest BCUT2D eigenvalue weighted by Crippen LogP contribution is -2.47. The molecular formula is C29H42F4N6O4. The minimum absolute atomic E-state index is 0.177. The van der Waals surface area contributed by atoms with E-state index in [1.54, 1.807) is 60.0 Å². The molecule has 3 N–H and O–H groups in total. The first kappa shape index (κ1) is 32.7. The number of nitrogens with zero attached hydrogens (tertiary/aromatic N) is 3. The van der Waals surface area contributed by atoms with Crippen LogP contribution in [-0.4, -0.2) is 61.9 Å². The molecule has 0 aliphatic heterocycles. The lowest BCUT2D eigenvalue weighted by Gasteiger charge is -2.33. The number of amides is 2. The minimum Gasteiger partial charge on any atom is -0.444 e. The highest BCUT2D eigenvalue weighted by Crippen LogP contribution is 2.41. The van der Waals surface area contributed by atoms with Crippen LogP contribution >= 0.6 is 0 Å². The van der Waals surface area contributed by atoms with Gasteiger partial charge in [-0.1, -0.05) is 0 Å². The SMILES string of the molecule is CC(C)(C)OC(=O)NC1CC(F)(F)CC1NCc1cnn2cc([C@@H](NC(=O)OC(C)(C)C)C3CCC(F)(F)CC3)nc2c1. The van der Waals surface area contributed by atoms with E-state index in [0.29, 0.717) is 16.9 Å². The molecule has 2 saturated carbocycles. The topological polar surface area (TPSA) is 119 Å². The average molecular weight is 615 g/mol. The summed E-state index contributed by atoms with van der Waals surface area (Å²) >= 11 is 0. The second kappa shape index (κ2) is 12.1. The van der Waals surface area contributed by atoms with Crippen molar-refractivity contribution in [2.45, 2.75) is 128 Å². The lowest BCUT2D eigenvalue weighted by atomic mass is 9.81. The number of nitrogens with one attached hydrogen (secondary N) is 3. The quantitative estimate of drug-likeness (QED) is 0.332. The van der Waals surface area contributed by atoms with Gasteiger partial charge in [-0.3, -0.25) is 0 Å². The number of halogens is 4. The van der Waals surface area contributed by atoms with Crippen LogP contribution in [0.15, 0.2) is 18.5 Å². The van der Waals surface area contributed by atoms with E-state index in [1.165, 1.54) is 4.52 Å². The van der Waals surface area contributed by atoms with Gasteiger partial charge in [-0.15, -0.1) is 0 Å². The molecule has 2 aliphatic rings. The molecule has 2 aliphatic carbocycles. The van der Waals surface area contributed by atoms with Crippen LogP contribution in [0.25, 0.3) is 5.65 Å². The molecule has 2 fully saturated rings. The fourth-order valence-corrected chi connectivity index (χ4v) is 5.53. The smallest absolute Gasteiger partial charge is 0.408 e. The highest BCUT2D eigenvalue weighted by Gasteiger charge is 2.47. The number of carbonyl (C=O) groups excluding carboxylic acids is 2. The monoisotopic (exact) mass is 614 g/mol. The molecule has 0 bridgehead atoms. The Morgan fingerprint density at radius 1 is 0.977 bits per heavy atom. The maximum Gasteiger partial charge on any atom is 0.408 e. The molecule has 14 heteroatoms. The molecule has 10 nitrogen and oxygen atoms in total. The zero-order valence-corrected chi connectivity index (χ0v) is 25.5. The third-order valence-electron chi connectivity index (χ3n) is 7.41. The molecule has 4 rings (SSSR count). The second-order valence-corrected chi connectivity index (χ2v) is 13.7. The summed E-state index contributed by atoms with van der Waals surface area (Å²) in [7, 11) is 0. The number of hydrogen-bond acceptors (Lipinski definition) is 7. The van der Waals surface area contributed by atoms with Crippen LogP contribution in [0.4, 0.5) is 27.2 Å². The summed E-state index contributed by atoms with van der Waals surface area (Å²) in [4.78, 5) is 29.6.